The lowest BCUT2D eigenvalue weighted by molar-refractivity contribution is -0.121. The molecular formula is C21H44IN5O. The molecule has 1 unspecified atom stereocenters. The second-order valence-electron chi connectivity index (χ2n) is 7.63. The van der Waals surface area contributed by atoms with Gasteiger partial charge < -0.3 is 20.9 Å². The minimum absolute atomic E-state index is 0. The highest BCUT2D eigenvalue weighted by atomic mass is 127. The fourth-order valence-electron chi connectivity index (χ4n) is 3.60. The molecule has 6 nitrogen and oxygen atoms in total. The van der Waals surface area contributed by atoms with E-state index in [9.17, 15) is 4.79 Å². The maximum absolute atomic E-state index is 12.1. The molecule has 7 heteroatoms. The molecule has 0 aliphatic heterocycles. The van der Waals surface area contributed by atoms with Gasteiger partial charge in [0.1, 0.15) is 0 Å². The number of aliphatic imine (C=N–C) groups is 1. The third-order valence-electron chi connectivity index (χ3n) is 5.31. The van der Waals surface area contributed by atoms with Gasteiger partial charge in [-0.05, 0) is 59.2 Å². The summed E-state index contributed by atoms with van der Waals surface area (Å²) in [6.07, 6.45) is 8.80. The Labute approximate surface area is 190 Å². The van der Waals surface area contributed by atoms with E-state index >= 15 is 0 Å². The maximum Gasteiger partial charge on any atom is 0.222 e. The predicted molar refractivity (Wildman–Crippen MR) is 131 cm³/mol. The Balaban J connectivity index is 0.00000729. The highest BCUT2D eigenvalue weighted by Crippen LogP contribution is 2.17. The van der Waals surface area contributed by atoms with Crippen LogP contribution < -0.4 is 16.0 Å². The number of nitrogens with zero attached hydrogens (tertiary/aromatic N) is 2. The molecule has 1 fully saturated rings. The number of rotatable bonds is 12. The van der Waals surface area contributed by atoms with Gasteiger partial charge in [0.05, 0.1) is 6.54 Å². The molecular weight excluding hydrogens is 465 g/mol. The fraction of sp³-hybridized carbons (Fsp3) is 0.905. The number of hydrogen-bond acceptors (Lipinski definition) is 3. The molecule has 1 rings (SSSR count). The van der Waals surface area contributed by atoms with Gasteiger partial charge in [-0.25, -0.2) is 0 Å². The van der Waals surface area contributed by atoms with Crippen molar-refractivity contribution in [2.75, 3.05) is 32.7 Å². The predicted octanol–water partition coefficient (Wildman–Crippen LogP) is 3.51. The van der Waals surface area contributed by atoms with E-state index in [0.29, 0.717) is 25.0 Å². The highest BCUT2D eigenvalue weighted by molar-refractivity contribution is 14.0. The lowest BCUT2D eigenvalue weighted by Crippen LogP contribution is -2.42. The van der Waals surface area contributed by atoms with E-state index in [2.05, 4.69) is 53.5 Å². The minimum atomic E-state index is 0. The zero-order chi connectivity index (χ0) is 19.9. The van der Waals surface area contributed by atoms with Crippen molar-refractivity contribution in [3.8, 4) is 0 Å². The third kappa shape index (κ3) is 12.8. The number of guanidine groups is 1. The van der Waals surface area contributed by atoms with Gasteiger partial charge in [-0.2, -0.15) is 0 Å². The van der Waals surface area contributed by atoms with Crippen LogP contribution in [0.1, 0.15) is 79.1 Å². The Morgan fingerprint density at radius 3 is 2.43 bits per heavy atom. The molecule has 166 valence electrons. The molecule has 0 radical (unpaired) electrons. The molecule has 0 aromatic rings. The molecule has 0 aromatic carbocycles. The molecule has 0 heterocycles. The van der Waals surface area contributed by atoms with Crippen LogP contribution in [-0.4, -0.2) is 61.6 Å². The van der Waals surface area contributed by atoms with Crippen LogP contribution in [0, 0.1) is 0 Å². The molecule has 1 aliphatic rings. The van der Waals surface area contributed by atoms with E-state index in [-0.39, 0.29) is 29.9 Å². The monoisotopic (exact) mass is 509 g/mol. The Kier molecular flexibility index (Phi) is 16.9. The van der Waals surface area contributed by atoms with Gasteiger partial charge in [0.25, 0.3) is 0 Å². The summed E-state index contributed by atoms with van der Waals surface area (Å²) in [4.78, 5) is 19.1. The van der Waals surface area contributed by atoms with Crippen molar-refractivity contribution in [2.24, 2.45) is 4.99 Å². The Bertz CT molecular complexity index is 423. The average molecular weight is 510 g/mol. The lowest BCUT2D eigenvalue weighted by Gasteiger charge is -2.22. The SMILES string of the molecule is CCNC(=NCCC(=O)NC1CCCCC1)NC(C)CCCN(CC)CC.I. The van der Waals surface area contributed by atoms with Crippen molar-refractivity contribution < 1.29 is 4.79 Å². The van der Waals surface area contributed by atoms with Crippen molar-refractivity contribution in [3.05, 3.63) is 0 Å². The van der Waals surface area contributed by atoms with Gasteiger partial charge in [0, 0.05) is 25.0 Å². The molecule has 28 heavy (non-hydrogen) atoms. The van der Waals surface area contributed by atoms with Gasteiger partial charge in [0.2, 0.25) is 5.91 Å². The van der Waals surface area contributed by atoms with Crippen molar-refractivity contribution in [2.45, 2.75) is 91.1 Å². The first-order valence-electron chi connectivity index (χ1n) is 11.2. The van der Waals surface area contributed by atoms with Gasteiger partial charge in [-0.3, -0.25) is 9.79 Å². The smallest absolute Gasteiger partial charge is 0.222 e. The second-order valence-corrected chi connectivity index (χ2v) is 7.63. The number of amides is 1. The summed E-state index contributed by atoms with van der Waals surface area (Å²) in [5.41, 5.74) is 0. The van der Waals surface area contributed by atoms with Crippen LogP contribution in [-0.2, 0) is 4.79 Å². The quantitative estimate of drug-likeness (QED) is 0.214. The van der Waals surface area contributed by atoms with E-state index in [1.165, 1.54) is 25.7 Å². The zero-order valence-corrected chi connectivity index (χ0v) is 20.9. The fourth-order valence-corrected chi connectivity index (χ4v) is 3.60. The van der Waals surface area contributed by atoms with Crippen LogP contribution >= 0.6 is 24.0 Å². The topological polar surface area (TPSA) is 68.8 Å². The first-order valence-corrected chi connectivity index (χ1v) is 11.2. The molecule has 1 aliphatic carbocycles. The number of carbonyl (C=O) groups is 1. The summed E-state index contributed by atoms with van der Waals surface area (Å²) in [5, 5.41) is 9.92. The number of nitrogens with one attached hydrogen (secondary N) is 3. The average Bonchev–Trinajstić information content (AvgIpc) is 2.66. The molecule has 0 bridgehead atoms. The first-order chi connectivity index (χ1) is 13.1. The molecule has 1 atom stereocenters. The van der Waals surface area contributed by atoms with E-state index < -0.39 is 0 Å². The summed E-state index contributed by atoms with van der Waals surface area (Å²) in [6.45, 7) is 13.4. The highest BCUT2D eigenvalue weighted by Gasteiger charge is 2.15. The van der Waals surface area contributed by atoms with Gasteiger partial charge in [-0.1, -0.05) is 33.1 Å². The first kappa shape index (κ1) is 27.4. The van der Waals surface area contributed by atoms with E-state index in [1.807, 2.05) is 0 Å². The third-order valence-corrected chi connectivity index (χ3v) is 5.31. The van der Waals surface area contributed by atoms with Crippen molar-refractivity contribution in [3.63, 3.8) is 0 Å². The summed E-state index contributed by atoms with van der Waals surface area (Å²) in [6, 6.07) is 0.752. The molecule has 0 aromatic heterocycles. The van der Waals surface area contributed by atoms with Crippen LogP contribution in [0.15, 0.2) is 4.99 Å². The number of halogens is 1. The van der Waals surface area contributed by atoms with Gasteiger partial charge in [0.15, 0.2) is 5.96 Å². The van der Waals surface area contributed by atoms with E-state index in [0.717, 1.165) is 51.4 Å². The summed E-state index contributed by atoms with van der Waals surface area (Å²) >= 11 is 0. The lowest BCUT2D eigenvalue weighted by atomic mass is 9.95. The van der Waals surface area contributed by atoms with Crippen LogP contribution in [0.2, 0.25) is 0 Å². The van der Waals surface area contributed by atoms with Crippen molar-refractivity contribution in [1.82, 2.24) is 20.9 Å². The van der Waals surface area contributed by atoms with E-state index in [4.69, 9.17) is 0 Å². The molecule has 1 amide bonds. The van der Waals surface area contributed by atoms with Crippen molar-refractivity contribution in [1.29, 1.82) is 0 Å². The standard InChI is InChI=1S/C21H43N5O.HI/c1-5-22-21(24-18(4)12-11-17-26(6-2)7-3)23-16-15-20(27)25-19-13-9-8-10-14-19;/h18-19H,5-17H2,1-4H3,(H,25,27)(H2,22,23,24);1H. The summed E-state index contributed by atoms with van der Waals surface area (Å²) < 4.78 is 0. The largest absolute Gasteiger partial charge is 0.357 e. The Morgan fingerprint density at radius 1 is 1.14 bits per heavy atom. The number of carbonyl (C=O) groups excluding carboxylic acids is 1. The Morgan fingerprint density at radius 2 is 1.82 bits per heavy atom. The zero-order valence-electron chi connectivity index (χ0n) is 18.6. The van der Waals surface area contributed by atoms with Crippen LogP contribution in [0.5, 0.6) is 0 Å². The molecule has 1 saturated carbocycles. The van der Waals surface area contributed by atoms with Crippen molar-refractivity contribution >= 4 is 35.8 Å². The van der Waals surface area contributed by atoms with Crippen LogP contribution in [0.3, 0.4) is 0 Å². The summed E-state index contributed by atoms with van der Waals surface area (Å²) in [7, 11) is 0. The summed E-state index contributed by atoms with van der Waals surface area (Å²) in [5.74, 6) is 0.951. The van der Waals surface area contributed by atoms with Gasteiger partial charge in [-0.15, -0.1) is 24.0 Å². The van der Waals surface area contributed by atoms with Gasteiger partial charge >= 0.3 is 0 Å². The molecule has 3 N–H and O–H groups in total. The van der Waals surface area contributed by atoms with Crippen LogP contribution in [0.4, 0.5) is 0 Å². The van der Waals surface area contributed by atoms with E-state index in [1.54, 1.807) is 0 Å². The van der Waals surface area contributed by atoms with Crippen LogP contribution in [0.25, 0.3) is 0 Å². The molecule has 0 spiro atoms. The Hall–Kier alpha value is -0.570. The number of hydrogen-bond donors (Lipinski definition) is 3. The molecule has 0 saturated heterocycles. The minimum Gasteiger partial charge on any atom is -0.357 e. The maximum atomic E-state index is 12.1. The second kappa shape index (κ2) is 17.3. The normalized spacial score (nSPS) is 16.4.